The summed E-state index contributed by atoms with van der Waals surface area (Å²) in [6.45, 7) is 5.46. The van der Waals surface area contributed by atoms with Crippen LogP contribution < -0.4 is 5.32 Å². The van der Waals surface area contributed by atoms with Gasteiger partial charge in [0.1, 0.15) is 12.6 Å². The number of hydrogen-bond donors (Lipinski definition) is 2. The average molecular weight is 240 g/mol. The molecule has 1 amide bonds. The number of aliphatic carboxylic acids is 1. The minimum absolute atomic E-state index is 0.0732. The lowest BCUT2D eigenvalue weighted by molar-refractivity contribution is -0.139. The van der Waals surface area contributed by atoms with Crippen LogP contribution in [0.1, 0.15) is 6.42 Å². The van der Waals surface area contributed by atoms with Gasteiger partial charge in [-0.15, -0.1) is 0 Å². The number of nitrogens with zero attached hydrogens (tertiary/aromatic N) is 1. The molecule has 2 heterocycles. The van der Waals surface area contributed by atoms with Gasteiger partial charge >= 0.3 is 12.1 Å². The van der Waals surface area contributed by atoms with Gasteiger partial charge in [-0.1, -0.05) is 12.7 Å². The molecule has 6 nitrogen and oxygen atoms in total. The van der Waals surface area contributed by atoms with Gasteiger partial charge in [0, 0.05) is 25.0 Å². The molecular weight excluding hydrogens is 224 g/mol. The summed E-state index contributed by atoms with van der Waals surface area (Å²) in [5.41, 5.74) is -0.0732. The van der Waals surface area contributed by atoms with Crippen LogP contribution in [0.3, 0.4) is 0 Å². The third-order valence-electron chi connectivity index (χ3n) is 3.29. The Kier molecular flexibility index (Phi) is 3.06. The van der Waals surface area contributed by atoms with Gasteiger partial charge in [0.2, 0.25) is 0 Å². The van der Waals surface area contributed by atoms with Crippen LogP contribution in [0.5, 0.6) is 0 Å². The predicted molar refractivity (Wildman–Crippen MR) is 59.6 cm³/mol. The van der Waals surface area contributed by atoms with E-state index < -0.39 is 12.0 Å². The first-order chi connectivity index (χ1) is 8.06. The van der Waals surface area contributed by atoms with Crippen LogP contribution in [0.15, 0.2) is 12.7 Å². The molecule has 2 saturated heterocycles. The zero-order valence-corrected chi connectivity index (χ0v) is 9.52. The molecular formula is C11H16N2O4. The second-order valence-corrected chi connectivity index (χ2v) is 4.70. The van der Waals surface area contributed by atoms with E-state index in [1.54, 1.807) is 4.90 Å². The van der Waals surface area contributed by atoms with Crippen molar-refractivity contribution < 1.29 is 19.4 Å². The minimum Gasteiger partial charge on any atom is -0.480 e. The van der Waals surface area contributed by atoms with Crippen LogP contribution >= 0.6 is 0 Å². The smallest absolute Gasteiger partial charge is 0.410 e. The van der Waals surface area contributed by atoms with Crippen molar-refractivity contribution in [2.24, 2.45) is 5.41 Å². The molecule has 1 unspecified atom stereocenters. The third-order valence-corrected chi connectivity index (χ3v) is 3.29. The Morgan fingerprint density at radius 2 is 2.29 bits per heavy atom. The van der Waals surface area contributed by atoms with Crippen molar-refractivity contribution in [1.82, 2.24) is 10.2 Å². The number of carbonyl (C=O) groups excluding carboxylic acids is 1. The van der Waals surface area contributed by atoms with Gasteiger partial charge in [0.05, 0.1) is 0 Å². The Morgan fingerprint density at radius 1 is 1.59 bits per heavy atom. The van der Waals surface area contributed by atoms with Gasteiger partial charge in [-0.05, 0) is 6.42 Å². The van der Waals surface area contributed by atoms with E-state index in [4.69, 9.17) is 9.84 Å². The van der Waals surface area contributed by atoms with Crippen molar-refractivity contribution >= 4 is 12.1 Å². The van der Waals surface area contributed by atoms with E-state index in [0.29, 0.717) is 26.1 Å². The number of carboxylic acid groups (broad SMARTS) is 1. The maximum absolute atomic E-state index is 11.5. The topological polar surface area (TPSA) is 78.9 Å². The van der Waals surface area contributed by atoms with E-state index in [0.717, 1.165) is 0 Å². The molecule has 94 valence electrons. The Hall–Kier alpha value is -1.56. The van der Waals surface area contributed by atoms with E-state index in [1.165, 1.54) is 6.08 Å². The van der Waals surface area contributed by atoms with Crippen LogP contribution in [-0.4, -0.2) is 54.4 Å². The summed E-state index contributed by atoms with van der Waals surface area (Å²) in [7, 11) is 0. The number of ether oxygens (including phenoxy) is 1. The molecule has 2 N–H and O–H groups in total. The Morgan fingerprint density at radius 3 is 2.82 bits per heavy atom. The van der Waals surface area contributed by atoms with Crippen molar-refractivity contribution in [3.05, 3.63) is 12.7 Å². The summed E-state index contributed by atoms with van der Waals surface area (Å²) in [4.78, 5) is 23.9. The van der Waals surface area contributed by atoms with Crippen LogP contribution in [-0.2, 0) is 9.53 Å². The van der Waals surface area contributed by atoms with Crippen molar-refractivity contribution in [1.29, 1.82) is 0 Å². The second-order valence-electron chi connectivity index (χ2n) is 4.70. The van der Waals surface area contributed by atoms with Crippen molar-refractivity contribution in [3.8, 4) is 0 Å². The monoisotopic (exact) mass is 240 g/mol. The SMILES string of the molecule is C=CCOC(=O)N1CC2(CNC(C(=O)O)C2)C1. The number of carbonyl (C=O) groups is 2. The number of amides is 1. The van der Waals surface area contributed by atoms with E-state index in [2.05, 4.69) is 11.9 Å². The summed E-state index contributed by atoms with van der Waals surface area (Å²) in [6.07, 6.45) is 1.74. The second kappa shape index (κ2) is 4.37. The molecule has 1 spiro atoms. The van der Waals surface area contributed by atoms with Crippen molar-refractivity contribution in [3.63, 3.8) is 0 Å². The number of likely N-dealkylation sites (tertiary alicyclic amines) is 1. The first-order valence-electron chi connectivity index (χ1n) is 5.55. The lowest BCUT2D eigenvalue weighted by atomic mass is 9.78. The van der Waals surface area contributed by atoms with Gasteiger partial charge in [-0.3, -0.25) is 4.79 Å². The molecule has 2 fully saturated rings. The highest BCUT2D eigenvalue weighted by atomic mass is 16.6. The molecule has 2 aliphatic rings. The molecule has 0 aromatic carbocycles. The molecule has 2 rings (SSSR count). The molecule has 0 aliphatic carbocycles. The maximum Gasteiger partial charge on any atom is 0.410 e. The van der Waals surface area contributed by atoms with Crippen molar-refractivity contribution in [2.45, 2.75) is 12.5 Å². The molecule has 0 radical (unpaired) electrons. The highest BCUT2D eigenvalue weighted by molar-refractivity contribution is 5.74. The van der Waals surface area contributed by atoms with Crippen LogP contribution in [0.25, 0.3) is 0 Å². The Balaban J connectivity index is 1.80. The highest BCUT2D eigenvalue weighted by Crippen LogP contribution is 2.38. The highest BCUT2D eigenvalue weighted by Gasteiger charge is 2.51. The largest absolute Gasteiger partial charge is 0.480 e. The normalized spacial score (nSPS) is 25.4. The zero-order valence-electron chi connectivity index (χ0n) is 9.52. The summed E-state index contributed by atoms with van der Waals surface area (Å²) in [5.74, 6) is -0.824. The lowest BCUT2D eigenvalue weighted by Crippen LogP contribution is -2.59. The van der Waals surface area contributed by atoms with Crippen LogP contribution in [0.4, 0.5) is 4.79 Å². The van der Waals surface area contributed by atoms with Crippen LogP contribution in [0.2, 0.25) is 0 Å². The average Bonchev–Trinajstić information content (AvgIpc) is 2.68. The number of carboxylic acids is 1. The zero-order chi connectivity index (χ0) is 12.5. The van der Waals surface area contributed by atoms with E-state index >= 15 is 0 Å². The molecule has 0 aromatic rings. The van der Waals surface area contributed by atoms with E-state index in [-0.39, 0.29) is 18.1 Å². The first kappa shape index (κ1) is 11.9. The van der Waals surface area contributed by atoms with Crippen LogP contribution in [0, 0.1) is 5.41 Å². The molecule has 0 bridgehead atoms. The van der Waals surface area contributed by atoms with E-state index in [1.807, 2.05) is 0 Å². The fraction of sp³-hybridized carbons (Fsp3) is 0.636. The van der Waals surface area contributed by atoms with E-state index in [9.17, 15) is 9.59 Å². The summed E-state index contributed by atoms with van der Waals surface area (Å²) in [5, 5.41) is 11.8. The fourth-order valence-electron chi connectivity index (χ4n) is 2.45. The maximum atomic E-state index is 11.5. The van der Waals surface area contributed by atoms with Gasteiger partial charge in [-0.25, -0.2) is 4.79 Å². The standard InChI is InChI=1S/C11H16N2O4/c1-2-3-17-10(16)13-6-11(7-13)4-8(9(14)15)12-5-11/h2,8,12H,1,3-7H2,(H,14,15). The molecule has 2 aliphatic heterocycles. The summed E-state index contributed by atoms with van der Waals surface area (Å²) >= 11 is 0. The summed E-state index contributed by atoms with van der Waals surface area (Å²) < 4.78 is 4.90. The number of hydrogen-bond acceptors (Lipinski definition) is 4. The Labute approximate surface area is 99.2 Å². The van der Waals surface area contributed by atoms with Gasteiger partial charge in [0.15, 0.2) is 0 Å². The molecule has 0 saturated carbocycles. The predicted octanol–water partition coefficient (Wildman–Crippen LogP) is 0.0575. The van der Waals surface area contributed by atoms with Crippen molar-refractivity contribution in [2.75, 3.05) is 26.2 Å². The fourth-order valence-corrected chi connectivity index (χ4v) is 2.45. The molecule has 1 atom stereocenters. The Bertz CT molecular complexity index is 349. The third kappa shape index (κ3) is 2.26. The quantitative estimate of drug-likeness (QED) is 0.682. The summed E-state index contributed by atoms with van der Waals surface area (Å²) in [6, 6.07) is -0.485. The van der Waals surface area contributed by atoms with Gasteiger partial charge in [-0.2, -0.15) is 0 Å². The van der Waals surface area contributed by atoms with Gasteiger partial charge in [0.25, 0.3) is 0 Å². The first-order valence-corrected chi connectivity index (χ1v) is 5.55. The van der Waals surface area contributed by atoms with Gasteiger partial charge < -0.3 is 20.1 Å². The minimum atomic E-state index is -0.824. The number of nitrogens with one attached hydrogen (secondary N) is 1. The lowest BCUT2D eigenvalue weighted by Gasteiger charge is -2.46. The number of rotatable bonds is 3. The molecule has 6 heteroatoms. The molecule has 0 aromatic heterocycles. The molecule has 17 heavy (non-hydrogen) atoms.